The van der Waals surface area contributed by atoms with E-state index in [0.29, 0.717) is 24.7 Å². The first-order valence-electron chi connectivity index (χ1n) is 8.04. The molecule has 6 heteroatoms. The molecule has 24 heavy (non-hydrogen) atoms. The number of amides is 1. The number of ether oxygens (including phenoxy) is 3. The van der Waals surface area contributed by atoms with E-state index in [1.54, 1.807) is 12.1 Å². The van der Waals surface area contributed by atoms with E-state index in [2.05, 4.69) is 5.32 Å². The van der Waals surface area contributed by atoms with Crippen LogP contribution in [-0.2, 0) is 14.3 Å². The Balaban J connectivity index is 1.94. The predicted molar refractivity (Wildman–Crippen MR) is 89.9 cm³/mol. The van der Waals surface area contributed by atoms with Gasteiger partial charge in [-0.05, 0) is 44.5 Å². The van der Waals surface area contributed by atoms with E-state index < -0.39 is 12.1 Å². The average molecular weight is 333 g/mol. The van der Waals surface area contributed by atoms with Gasteiger partial charge in [-0.2, -0.15) is 0 Å². The zero-order chi connectivity index (χ0) is 17.5. The minimum atomic E-state index is -0.840. The van der Waals surface area contributed by atoms with Gasteiger partial charge in [-0.15, -0.1) is 0 Å². The molecule has 1 atom stereocenters. The normalized spacial score (nSPS) is 15.0. The van der Waals surface area contributed by atoms with Crippen LogP contribution in [-0.4, -0.2) is 37.2 Å². The highest BCUT2D eigenvalue weighted by Crippen LogP contribution is 2.30. The summed E-state index contributed by atoms with van der Waals surface area (Å²) in [4.78, 5) is 23.5. The van der Waals surface area contributed by atoms with E-state index >= 15 is 0 Å². The van der Waals surface area contributed by atoms with Crippen LogP contribution in [0.25, 0.3) is 6.08 Å². The Hall–Kier alpha value is -2.50. The maximum absolute atomic E-state index is 11.8. The minimum absolute atomic E-state index is 0.00371. The van der Waals surface area contributed by atoms with Gasteiger partial charge in [-0.25, -0.2) is 4.79 Å². The molecule has 130 valence electrons. The van der Waals surface area contributed by atoms with Gasteiger partial charge < -0.3 is 19.5 Å². The van der Waals surface area contributed by atoms with Crippen LogP contribution in [0, 0.1) is 0 Å². The number of carbonyl (C=O) groups is 2. The van der Waals surface area contributed by atoms with Crippen LogP contribution in [0.5, 0.6) is 11.5 Å². The van der Waals surface area contributed by atoms with Crippen LogP contribution in [0.2, 0.25) is 0 Å². The average Bonchev–Trinajstić information content (AvgIpc) is 2.77. The van der Waals surface area contributed by atoms with Crippen LogP contribution in [0.15, 0.2) is 24.3 Å². The third-order valence-corrected chi connectivity index (χ3v) is 3.28. The van der Waals surface area contributed by atoms with E-state index in [9.17, 15) is 9.59 Å². The maximum Gasteiger partial charge on any atom is 0.331 e. The van der Waals surface area contributed by atoms with Gasteiger partial charge in [-0.1, -0.05) is 6.07 Å². The molecule has 1 aromatic rings. The van der Waals surface area contributed by atoms with Crippen molar-refractivity contribution in [2.45, 2.75) is 39.3 Å². The molecule has 1 aliphatic heterocycles. The Morgan fingerprint density at radius 3 is 2.58 bits per heavy atom. The summed E-state index contributed by atoms with van der Waals surface area (Å²) in [5, 5.41) is 2.69. The summed E-state index contributed by atoms with van der Waals surface area (Å²) < 4.78 is 16.2. The molecule has 2 rings (SSSR count). The van der Waals surface area contributed by atoms with Gasteiger partial charge in [0.05, 0.1) is 13.2 Å². The summed E-state index contributed by atoms with van der Waals surface area (Å²) >= 11 is 0. The number of nitrogens with one attached hydrogen (secondary N) is 1. The lowest BCUT2D eigenvalue weighted by molar-refractivity contribution is -0.150. The molecular weight excluding hydrogens is 310 g/mol. The molecule has 0 radical (unpaired) electrons. The summed E-state index contributed by atoms with van der Waals surface area (Å²) in [6, 6.07) is 5.44. The molecule has 1 amide bonds. The van der Waals surface area contributed by atoms with Crippen LogP contribution >= 0.6 is 0 Å². The van der Waals surface area contributed by atoms with Crippen LogP contribution in [0.4, 0.5) is 0 Å². The fourth-order valence-electron chi connectivity index (χ4n) is 2.12. The lowest BCUT2D eigenvalue weighted by Gasteiger charge is -2.14. The summed E-state index contributed by atoms with van der Waals surface area (Å²) in [6.45, 7) is 6.46. The van der Waals surface area contributed by atoms with Crippen molar-refractivity contribution in [2.24, 2.45) is 0 Å². The van der Waals surface area contributed by atoms with Gasteiger partial charge in [0.25, 0.3) is 5.91 Å². The first-order chi connectivity index (χ1) is 11.5. The summed E-state index contributed by atoms with van der Waals surface area (Å²) in [7, 11) is 0. The predicted octanol–water partition coefficient (Wildman–Crippen LogP) is 2.32. The Morgan fingerprint density at radius 1 is 1.17 bits per heavy atom. The first-order valence-corrected chi connectivity index (χ1v) is 8.04. The van der Waals surface area contributed by atoms with Crippen LogP contribution < -0.4 is 14.8 Å². The maximum atomic E-state index is 11.8. The van der Waals surface area contributed by atoms with Gasteiger partial charge in [0.1, 0.15) is 0 Å². The second-order valence-electron chi connectivity index (χ2n) is 5.83. The molecule has 1 heterocycles. The quantitative estimate of drug-likeness (QED) is 0.661. The Morgan fingerprint density at radius 2 is 1.88 bits per heavy atom. The van der Waals surface area contributed by atoms with Crippen molar-refractivity contribution < 1.29 is 23.8 Å². The van der Waals surface area contributed by atoms with E-state index in [-0.39, 0.29) is 11.9 Å². The number of fused-ring (bicyclic) bond motifs is 1. The number of hydrogen-bond acceptors (Lipinski definition) is 5. The molecule has 0 unspecified atom stereocenters. The second-order valence-corrected chi connectivity index (χ2v) is 5.83. The summed E-state index contributed by atoms with van der Waals surface area (Å²) in [5.41, 5.74) is 0.787. The Labute approximate surface area is 141 Å². The highest BCUT2D eigenvalue weighted by Gasteiger charge is 2.17. The molecule has 0 spiro atoms. The molecule has 0 saturated heterocycles. The molecule has 1 aromatic carbocycles. The summed E-state index contributed by atoms with van der Waals surface area (Å²) in [6.07, 6.45) is 2.90. The van der Waals surface area contributed by atoms with Gasteiger partial charge >= 0.3 is 5.97 Å². The number of rotatable bonds is 5. The van der Waals surface area contributed by atoms with Crippen molar-refractivity contribution in [1.82, 2.24) is 5.32 Å². The Kier molecular flexibility index (Phi) is 6.23. The fourth-order valence-corrected chi connectivity index (χ4v) is 2.12. The van der Waals surface area contributed by atoms with Gasteiger partial charge in [0.2, 0.25) is 0 Å². The number of hydrogen-bond donors (Lipinski definition) is 1. The standard InChI is InChI=1S/C18H23NO5/c1-12(2)19-18(21)13(3)24-17(20)8-6-14-5-7-15-16(11-14)23-10-4-9-22-15/h5-8,11-13H,4,9-10H2,1-3H3,(H,19,21)/b8-6+/t13-/m1/s1. The fraction of sp³-hybridized carbons (Fsp3) is 0.444. The minimum Gasteiger partial charge on any atom is -0.490 e. The van der Waals surface area contributed by atoms with Crippen molar-refractivity contribution in [3.05, 3.63) is 29.8 Å². The molecule has 0 aromatic heterocycles. The molecule has 6 nitrogen and oxygen atoms in total. The van der Waals surface area contributed by atoms with Crippen molar-refractivity contribution in [1.29, 1.82) is 0 Å². The monoisotopic (exact) mass is 333 g/mol. The molecule has 0 saturated carbocycles. The zero-order valence-corrected chi connectivity index (χ0v) is 14.2. The third kappa shape index (κ3) is 5.30. The third-order valence-electron chi connectivity index (χ3n) is 3.28. The molecule has 0 aliphatic carbocycles. The SMILES string of the molecule is CC(C)NC(=O)[C@@H](C)OC(=O)/C=C/c1ccc2c(c1)OCCCO2. The molecule has 0 bridgehead atoms. The van der Waals surface area contributed by atoms with E-state index in [0.717, 1.165) is 12.0 Å². The van der Waals surface area contributed by atoms with Crippen molar-refractivity contribution >= 4 is 18.0 Å². The lowest BCUT2D eigenvalue weighted by Crippen LogP contribution is -2.39. The van der Waals surface area contributed by atoms with Gasteiger partial charge in [0.15, 0.2) is 17.6 Å². The van der Waals surface area contributed by atoms with Crippen LogP contribution in [0.3, 0.4) is 0 Å². The van der Waals surface area contributed by atoms with E-state index in [1.807, 2.05) is 26.0 Å². The zero-order valence-electron chi connectivity index (χ0n) is 14.2. The molecule has 1 N–H and O–H groups in total. The van der Waals surface area contributed by atoms with E-state index in [1.165, 1.54) is 13.0 Å². The number of carbonyl (C=O) groups excluding carboxylic acids is 2. The number of benzene rings is 1. The highest BCUT2D eigenvalue weighted by atomic mass is 16.5. The molecule has 0 fully saturated rings. The van der Waals surface area contributed by atoms with Gasteiger partial charge in [0, 0.05) is 18.5 Å². The van der Waals surface area contributed by atoms with E-state index in [4.69, 9.17) is 14.2 Å². The smallest absolute Gasteiger partial charge is 0.331 e. The second kappa shape index (κ2) is 8.38. The molecule has 1 aliphatic rings. The van der Waals surface area contributed by atoms with Crippen molar-refractivity contribution in [3.63, 3.8) is 0 Å². The van der Waals surface area contributed by atoms with Crippen molar-refractivity contribution in [3.8, 4) is 11.5 Å². The highest BCUT2D eigenvalue weighted by molar-refractivity contribution is 5.90. The van der Waals surface area contributed by atoms with Crippen molar-refractivity contribution in [2.75, 3.05) is 13.2 Å². The molecular formula is C18H23NO5. The first kappa shape index (κ1) is 17.8. The summed E-state index contributed by atoms with van der Waals surface area (Å²) in [5.74, 6) is 0.467. The topological polar surface area (TPSA) is 73.9 Å². The van der Waals surface area contributed by atoms with Crippen LogP contribution in [0.1, 0.15) is 32.8 Å². The largest absolute Gasteiger partial charge is 0.490 e. The lowest BCUT2D eigenvalue weighted by atomic mass is 10.2. The number of esters is 1. The van der Waals surface area contributed by atoms with Gasteiger partial charge in [-0.3, -0.25) is 4.79 Å². The Bertz CT molecular complexity index is 624.